The second-order valence-electron chi connectivity index (χ2n) is 8.29. The highest BCUT2D eigenvalue weighted by atomic mass is 16.5. The van der Waals surface area contributed by atoms with Gasteiger partial charge in [-0.3, -0.25) is 9.89 Å². The topological polar surface area (TPSA) is 89.2 Å². The second-order valence-corrected chi connectivity index (χ2v) is 8.29. The maximum atomic E-state index is 6.42. The SMILES string of the molecule is CCCCC1N=C2C(N)=CC=C3N=C(OCc4ccccc4)C=CC32N1CCCCN. The van der Waals surface area contributed by atoms with Crippen LogP contribution >= 0.6 is 0 Å². The number of allylic oxidation sites excluding steroid dienone is 2. The third-order valence-corrected chi connectivity index (χ3v) is 6.13. The smallest absolute Gasteiger partial charge is 0.213 e. The first-order valence-electron chi connectivity index (χ1n) is 11.4. The maximum Gasteiger partial charge on any atom is 0.213 e. The number of aliphatic imine (C=N–C) groups is 2. The van der Waals surface area contributed by atoms with Gasteiger partial charge in [0, 0.05) is 6.54 Å². The van der Waals surface area contributed by atoms with E-state index in [1.807, 2.05) is 36.4 Å². The van der Waals surface area contributed by atoms with Gasteiger partial charge in [0.1, 0.15) is 18.3 Å². The summed E-state index contributed by atoms with van der Waals surface area (Å²) in [5, 5.41) is 0. The zero-order chi connectivity index (χ0) is 21.7. The van der Waals surface area contributed by atoms with Gasteiger partial charge in [-0.05, 0) is 55.7 Å². The van der Waals surface area contributed by atoms with Crippen LogP contribution in [0, 0.1) is 0 Å². The van der Waals surface area contributed by atoms with Gasteiger partial charge in [0.15, 0.2) is 0 Å². The second kappa shape index (κ2) is 9.62. The van der Waals surface area contributed by atoms with Gasteiger partial charge in [-0.1, -0.05) is 50.1 Å². The van der Waals surface area contributed by atoms with Crippen molar-refractivity contribution in [1.29, 1.82) is 0 Å². The fourth-order valence-corrected chi connectivity index (χ4v) is 4.53. The average Bonchev–Trinajstić information content (AvgIpc) is 3.12. The third kappa shape index (κ3) is 4.23. The van der Waals surface area contributed by atoms with Crippen molar-refractivity contribution in [3.63, 3.8) is 0 Å². The minimum Gasteiger partial charge on any atom is -0.473 e. The number of benzene rings is 1. The molecule has 4 N–H and O–H groups in total. The molecule has 1 aliphatic carbocycles. The predicted molar refractivity (Wildman–Crippen MR) is 127 cm³/mol. The molecular weight excluding hydrogens is 386 g/mol. The van der Waals surface area contributed by atoms with E-state index in [0.717, 1.165) is 61.3 Å². The van der Waals surface area contributed by atoms with Crippen LogP contribution in [-0.4, -0.2) is 41.3 Å². The Morgan fingerprint density at radius 2 is 1.97 bits per heavy atom. The van der Waals surface area contributed by atoms with E-state index < -0.39 is 5.54 Å². The molecule has 3 aliphatic rings. The zero-order valence-corrected chi connectivity index (χ0v) is 18.3. The van der Waals surface area contributed by atoms with E-state index in [1.54, 1.807) is 0 Å². The minimum atomic E-state index is -0.508. The van der Waals surface area contributed by atoms with E-state index in [0.29, 0.717) is 19.0 Å². The number of ether oxygens (including phenoxy) is 1. The van der Waals surface area contributed by atoms with Gasteiger partial charge >= 0.3 is 0 Å². The van der Waals surface area contributed by atoms with Crippen LogP contribution < -0.4 is 11.5 Å². The summed E-state index contributed by atoms with van der Waals surface area (Å²) in [6.45, 7) is 4.31. The van der Waals surface area contributed by atoms with E-state index in [2.05, 4.69) is 30.0 Å². The van der Waals surface area contributed by atoms with Crippen LogP contribution in [-0.2, 0) is 11.3 Å². The molecule has 6 heteroatoms. The van der Waals surface area contributed by atoms with E-state index in [4.69, 9.17) is 26.2 Å². The molecule has 0 bridgehead atoms. The van der Waals surface area contributed by atoms with Crippen molar-refractivity contribution in [3.05, 3.63) is 71.6 Å². The lowest BCUT2D eigenvalue weighted by atomic mass is 9.81. The third-order valence-electron chi connectivity index (χ3n) is 6.13. The number of dihydropyridines is 1. The van der Waals surface area contributed by atoms with Gasteiger partial charge in [-0.25, -0.2) is 4.99 Å². The Kier molecular flexibility index (Phi) is 6.68. The molecular formula is C25H33N5O. The Morgan fingerprint density at radius 3 is 2.74 bits per heavy atom. The lowest BCUT2D eigenvalue weighted by molar-refractivity contribution is 0.157. The fourth-order valence-electron chi connectivity index (χ4n) is 4.53. The molecule has 2 atom stereocenters. The van der Waals surface area contributed by atoms with Crippen LogP contribution in [0.25, 0.3) is 0 Å². The van der Waals surface area contributed by atoms with Crippen molar-refractivity contribution < 1.29 is 4.74 Å². The van der Waals surface area contributed by atoms with Crippen LogP contribution in [0.3, 0.4) is 0 Å². The van der Waals surface area contributed by atoms with E-state index in [-0.39, 0.29) is 6.17 Å². The molecule has 2 aliphatic heterocycles. The molecule has 164 valence electrons. The summed E-state index contributed by atoms with van der Waals surface area (Å²) in [7, 11) is 0. The summed E-state index contributed by atoms with van der Waals surface area (Å²) < 4.78 is 6.01. The Hall–Kier alpha value is -2.70. The molecule has 1 spiro atoms. The molecule has 2 unspecified atom stereocenters. The molecule has 0 saturated heterocycles. The largest absolute Gasteiger partial charge is 0.473 e. The standard InChI is InChI=1S/C25H33N5O/c1-2-3-11-22-29-24-20(27)12-13-21-25(24,30(22)17-8-7-16-26)15-14-23(28-21)31-18-19-9-5-4-6-10-19/h4-6,9-10,12-15,22H,2-3,7-8,11,16-18,26-27H2,1H3. The zero-order valence-electron chi connectivity index (χ0n) is 18.3. The molecule has 31 heavy (non-hydrogen) atoms. The molecule has 0 amide bonds. The number of nitrogens with two attached hydrogens (primary N) is 2. The first-order chi connectivity index (χ1) is 15.2. The maximum absolute atomic E-state index is 6.42. The lowest BCUT2D eigenvalue weighted by Crippen LogP contribution is -2.55. The van der Waals surface area contributed by atoms with E-state index in [1.165, 1.54) is 0 Å². The predicted octanol–water partition coefficient (Wildman–Crippen LogP) is 3.66. The van der Waals surface area contributed by atoms with Crippen molar-refractivity contribution in [2.75, 3.05) is 13.1 Å². The molecule has 1 aromatic rings. The van der Waals surface area contributed by atoms with Gasteiger partial charge in [-0.2, -0.15) is 0 Å². The van der Waals surface area contributed by atoms with E-state index >= 15 is 0 Å². The molecule has 0 aromatic heterocycles. The minimum absolute atomic E-state index is 0.104. The van der Waals surface area contributed by atoms with Crippen LogP contribution in [0.15, 0.2) is 76.0 Å². The number of rotatable bonds is 9. The summed E-state index contributed by atoms with van der Waals surface area (Å²) in [6, 6.07) is 10.1. The van der Waals surface area contributed by atoms with Gasteiger partial charge in [0.25, 0.3) is 0 Å². The average molecular weight is 420 g/mol. The van der Waals surface area contributed by atoms with Crippen LogP contribution in [0.5, 0.6) is 0 Å². The summed E-state index contributed by atoms with van der Waals surface area (Å²) in [4.78, 5) is 12.5. The number of hydrogen-bond acceptors (Lipinski definition) is 6. The number of nitrogens with zero attached hydrogens (tertiary/aromatic N) is 3. The van der Waals surface area contributed by atoms with Gasteiger partial charge in [0.05, 0.1) is 17.1 Å². The van der Waals surface area contributed by atoms with Crippen LogP contribution in [0.2, 0.25) is 0 Å². The molecule has 0 saturated carbocycles. The molecule has 2 heterocycles. The molecule has 4 rings (SSSR count). The van der Waals surface area contributed by atoms with E-state index in [9.17, 15) is 0 Å². The summed E-state index contributed by atoms with van der Waals surface area (Å²) in [6.07, 6.45) is 13.5. The molecule has 0 fully saturated rings. The van der Waals surface area contributed by atoms with Crippen LogP contribution in [0.1, 0.15) is 44.6 Å². The first-order valence-corrected chi connectivity index (χ1v) is 11.4. The Morgan fingerprint density at radius 1 is 1.13 bits per heavy atom. The Balaban J connectivity index is 1.61. The van der Waals surface area contributed by atoms with Crippen LogP contribution in [0.4, 0.5) is 0 Å². The van der Waals surface area contributed by atoms with Crippen molar-refractivity contribution in [1.82, 2.24) is 4.90 Å². The summed E-state index contributed by atoms with van der Waals surface area (Å²) in [5.74, 6) is 0.618. The summed E-state index contributed by atoms with van der Waals surface area (Å²) in [5.41, 5.74) is 15.4. The van der Waals surface area contributed by atoms with Crippen molar-refractivity contribution in [2.45, 2.75) is 57.3 Å². The van der Waals surface area contributed by atoms with Crippen molar-refractivity contribution >= 4 is 11.6 Å². The highest BCUT2D eigenvalue weighted by Crippen LogP contribution is 2.43. The quantitative estimate of drug-likeness (QED) is 0.598. The fraction of sp³-hybridized carbons (Fsp3) is 0.440. The van der Waals surface area contributed by atoms with Gasteiger partial charge in [-0.15, -0.1) is 0 Å². The summed E-state index contributed by atoms with van der Waals surface area (Å²) >= 11 is 0. The molecule has 6 nitrogen and oxygen atoms in total. The Bertz CT molecular complexity index is 930. The molecule has 0 radical (unpaired) electrons. The lowest BCUT2D eigenvalue weighted by Gasteiger charge is -2.42. The first kappa shape index (κ1) is 21.5. The normalized spacial score (nSPS) is 24.6. The highest BCUT2D eigenvalue weighted by Gasteiger charge is 2.53. The number of hydrogen-bond donors (Lipinski definition) is 2. The van der Waals surface area contributed by atoms with Gasteiger partial charge in [0.2, 0.25) is 5.90 Å². The highest BCUT2D eigenvalue weighted by molar-refractivity contribution is 6.14. The molecule has 1 aromatic carbocycles. The van der Waals surface area contributed by atoms with Crippen molar-refractivity contribution in [3.8, 4) is 0 Å². The number of unbranched alkanes of at least 4 members (excludes halogenated alkanes) is 2. The Labute approximate surface area is 185 Å². The van der Waals surface area contributed by atoms with Crippen molar-refractivity contribution in [2.24, 2.45) is 21.5 Å². The van der Waals surface area contributed by atoms with Gasteiger partial charge < -0.3 is 16.2 Å². The monoisotopic (exact) mass is 419 g/mol.